The fourth-order valence-corrected chi connectivity index (χ4v) is 1.87. The molecular weight excluding hydrogens is 234 g/mol. The first kappa shape index (κ1) is 15.9. The lowest BCUT2D eigenvalue weighted by atomic mass is 10.1. The summed E-state index contributed by atoms with van der Waals surface area (Å²) in [6.07, 6.45) is 2.73. The first-order chi connectivity index (χ1) is 8.83. The molecule has 108 valence electrons. The van der Waals surface area contributed by atoms with E-state index in [1.165, 1.54) is 0 Å². The van der Waals surface area contributed by atoms with E-state index >= 15 is 0 Å². The van der Waals surface area contributed by atoms with Crippen molar-refractivity contribution in [3.8, 4) is 0 Å². The van der Waals surface area contributed by atoms with E-state index in [9.17, 15) is 0 Å². The molecule has 1 saturated heterocycles. The summed E-state index contributed by atoms with van der Waals surface area (Å²) in [5, 5.41) is 3.32. The summed E-state index contributed by atoms with van der Waals surface area (Å²) in [7, 11) is 1.67. The highest BCUT2D eigenvalue weighted by molar-refractivity contribution is 4.67. The van der Waals surface area contributed by atoms with Crippen LogP contribution in [0.25, 0.3) is 0 Å². The van der Waals surface area contributed by atoms with Crippen molar-refractivity contribution in [2.24, 2.45) is 0 Å². The summed E-state index contributed by atoms with van der Waals surface area (Å²) >= 11 is 0. The minimum atomic E-state index is 0.110. The minimum Gasteiger partial charge on any atom is -0.382 e. The molecule has 0 aliphatic carbocycles. The van der Waals surface area contributed by atoms with Gasteiger partial charge < -0.3 is 24.3 Å². The molecule has 0 spiro atoms. The zero-order chi connectivity index (χ0) is 13.1. The third kappa shape index (κ3) is 8.00. The van der Waals surface area contributed by atoms with E-state index in [0.29, 0.717) is 39.1 Å². The Morgan fingerprint density at radius 3 is 2.61 bits per heavy atom. The maximum absolute atomic E-state index is 5.75. The number of nitrogens with one attached hydrogen (secondary N) is 1. The van der Waals surface area contributed by atoms with Crippen molar-refractivity contribution >= 4 is 0 Å². The fraction of sp³-hybridized carbons (Fsp3) is 1.00. The standard InChI is InChI=1S/C13H27NO4/c1-12(11-16-8-7-15-2)17-9-10-18-13-3-5-14-6-4-13/h12-14H,3-11H2,1-2H3. The lowest BCUT2D eigenvalue weighted by Gasteiger charge is -2.23. The Labute approximate surface area is 110 Å². The maximum atomic E-state index is 5.75. The van der Waals surface area contributed by atoms with Crippen molar-refractivity contribution in [2.45, 2.75) is 32.0 Å². The second-order valence-corrected chi connectivity index (χ2v) is 4.57. The smallest absolute Gasteiger partial charge is 0.0781 e. The molecule has 1 atom stereocenters. The van der Waals surface area contributed by atoms with Crippen LogP contribution in [0.2, 0.25) is 0 Å². The van der Waals surface area contributed by atoms with Gasteiger partial charge in [0.15, 0.2) is 0 Å². The molecule has 5 nitrogen and oxygen atoms in total. The van der Waals surface area contributed by atoms with Crippen LogP contribution in [0.3, 0.4) is 0 Å². The van der Waals surface area contributed by atoms with Crippen molar-refractivity contribution in [1.82, 2.24) is 5.32 Å². The summed E-state index contributed by atoms with van der Waals surface area (Å²) in [5.41, 5.74) is 0. The first-order valence-corrected chi connectivity index (χ1v) is 6.83. The van der Waals surface area contributed by atoms with Gasteiger partial charge in [0.05, 0.1) is 45.2 Å². The van der Waals surface area contributed by atoms with Gasteiger partial charge in [0, 0.05) is 7.11 Å². The lowest BCUT2D eigenvalue weighted by Crippen LogP contribution is -2.33. The molecule has 1 fully saturated rings. The fourth-order valence-electron chi connectivity index (χ4n) is 1.87. The van der Waals surface area contributed by atoms with Gasteiger partial charge in [0.2, 0.25) is 0 Å². The van der Waals surface area contributed by atoms with Gasteiger partial charge in [0.1, 0.15) is 0 Å². The summed E-state index contributed by atoms with van der Waals surface area (Å²) in [6, 6.07) is 0. The summed E-state index contributed by atoms with van der Waals surface area (Å²) in [6.45, 7) is 7.31. The van der Waals surface area contributed by atoms with Gasteiger partial charge in [-0.1, -0.05) is 0 Å². The van der Waals surface area contributed by atoms with Crippen molar-refractivity contribution in [3.63, 3.8) is 0 Å². The summed E-state index contributed by atoms with van der Waals surface area (Å²) < 4.78 is 21.6. The topological polar surface area (TPSA) is 49.0 Å². The molecule has 0 aromatic heterocycles. The van der Waals surface area contributed by atoms with Gasteiger partial charge in [-0.3, -0.25) is 0 Å². The van der Waals surface area contributed by atoms with Crippen molar-refractivity contribution in [2.75, 3.05) is 53.2 Å². The quantitative estimate of drug-likeness (QED) is 0.590. The van der Waals surface area contributed by atoms with Gasteiger partial charge in [0.25, 0.3) is 0 Å². The molecule has 0 aromatic rings. The predicted octanol–water partition coefficient (Wildman–Crippen LogP) is 0.823. The molecule has 5 heteroatoms. The second kappa shape index (κ2) is 10.7. The predicted molar refractivity (Wildman–Crippen MR) is 70.0 cm³/mol. The molecular formula is C13H27NO4. The molecule has 1 aliphatic rings. The molecule has 0 amide bonds. The SMILES string of the molecule is COCCOCC(C)OCCOC1CCNCC1. The summed E-state index contributed by atoms with van der Waals surface area (Å²) in [5.74, 6) is 0. The van der Waals surface area contributed by atoms with E-state index in [4.69, 9.17) is 18.9 Å². The van der Waals surface area contributed by atoms with E-state index < -0.39 is 0 Å². The second-order valence-electron chi connectivity index (χ2n) is 4.57. The molecule has 1 N–H and O–H groups in total. The van der Waals surface area contributed by atoms with Crippen LogP contribution in [0.5, 0.6) is 0 Å². The maximum Gasteiger partial charge on any atom is 0.0781 e. The van der Waals surface area contributed by atoms with Crippen LogP contribution in [0, 0.1) is 0 Å². The van der Waals surface area contributed by atoms with E-state index in [-0.39, 0.29) is 6.10 Å². The molecule has 1 rings (SSSR count). The molecule has 0 bridgehead atoms. The lowest BCUT2D eigenvalue weighted by molar-refractivity contribution is -0.0530. The molecule has 18 heavy (non-hydrogen) atoms. The molecule has 0 radical (unpaired) electrons. The van der Waals surface area contributed by atoms with E-state index in [1.54, 1.807) is 7.11 Å². The number of hydrogen-bond acceptors (Lipinski definition) is 5. The van der Waals surface area contributed by atoms with Gasteiger partial charge in [-0.05, 0) is 32.9 Å². The molecule has 0 aromatic carbocycles. The van der Waals surface area contributed by atoms with Crippen molar-refractivity contribution in [3.05, 3.63) is 0 Å². The number of piperidine rings is 1. The highest BCUT2D eigenvalue weighted by Gasteiger charge is 2.12. The van der Waals surface area contributed by atoms with Crippen LogP contribution in [-0.4, -0.2) is 65.4 Å². The van der Waals surface area contributed by atoms with E-state index in [2.05, 4.69) is 5.32 Å². The van der Waals surface area contributed by atoms with Gasteiger partial charge in [-0.25, -0.2) is 0 Å². The first-order valence-electron chi connectivity index (χ1n) is 6.83. The number of methoxy groups -OCH3 is 1. The van der Waals surface area contributed by atoms with Crippen LogP contribution in [-0.2, 0) is 18.9 Å². The highest BCUT2D eigenvalue weighted by Crippen LogP contribution is 2.06. The number of rotatable bonds is 10. The van der Waals surface area contributed by atoms with Gasteiger partial charge >= 0.3 is 0 Å². The third-order valence-electron chi connectivity index (χ3n) is 2.91. The van der Waals surface area contributed by atoms with E-state index in [0.717, 1.165) is 25.9 Å². The molecule has 1 aliphatic heterocycles. The largest absolute Gasteiger partial charge is 0.382 e. The Bertz CT molecular complexity index is 186. The Balaban J connectivity index is 1.86. The molecule has 1 unspecified atom stereocenters. The average Bonchev–Trinajstić information content (AvgIpc) is 2.41. The highest BCUT2D eigenvalue weighted by atomic mass is 16.6. The average molecular weight is 261 g/mol. The van der Waals surface area contributed by atoms with Crippen LogP contribution in [0.15, 0.2) is 0 Å². The third-order valence-corrected chi connectivity index (χ3v) is 2.91. The number of hydrogen-bond donors (Lipinski definition) is 1. The van der Waals surface area contributed by atoms with Gasteiger partial charge in [-0.15, -0.1) is 0 Å². The Hall–Kier alpha value is -0.200. The van der Waals surface area contributed by atoms with Crippen molar-refractivity contribution < 1.29 is 18.9 Å². The zero-order valence-electron chi connectivity index (χ0n) is 11.7. The Kier molecular flexibility index (Phi) is 9.42. The molecule has 0 saturated carbocycles. The number of ether oxygens (including phenoxy) is 4. The monoisotopic (exact) mass is 261 g/mol. The van der Waals surface area contributed by atoms with Crippen molar-refractivity contribution in [1.29, 1.82) is 0 Å². The van der Waals surface area contributed by atoms with E-state index in [1.807, 2.05) is 6.92 Å². The minimum absolute atomic E-state index is 0.110. The Morgan fingerprint density at radius 1 is 1.11 bits per heavy atom. The van der Waals surface area contributed by atoms with Crippen LogP contribution in [0.4, 0.5) is 0 Å². The Morgan fingerprint density at radius 2 is 1.89 bits per heavy atom. The van der Waals surface area contributed by atoms with Crippen LogP contribution < -0.4 is 5.32 Å². The van der Waals surface area contributed by atoms with Crippen LogP contribution >= 0.6 is 0 Å². The normalized spacial score (nSPS) is 19.0. The van der Waals surface area contributed by atoms with Crippen LogP contribution in [0.1, 0.15) is 19.8 Å². The zero-order valence-corrected chi connectivity index (χ0v) is 11.7. The summed E-state index contributed by atoms with van der Waals surface area (Å²) in [4.78, 5) is 0. The molecule has 1 heterocycles. The van der Waals surface area contributed by atoms with Gasteiger partial charge in [-0.2, -0.15) is 0 Å².